The number of thiophene rings is 3. The van der Waals surface area contributed by atoms with Gasteiger partial charge in [-0.05, 0) is 181 Å². The molecule has 0 unspecified atom stereocenters. The van der Waals surface area contributed by atoms with Gasteiger partial charge in [0, 0.05) is 27.6 Å². The Morgan fingerprint density at radius 3 is 1.64 bits per heavy atom. The normalized spacial score (nSPS) is 18.7. The SMILES string of the molecule is CC1=CCN(C)CC1.Cc1cc(C2CCN(C)CC2)sc1Br.Cc1csc(B(O)O)c1.Cc1csc(C2CCN(C)CC2)c1. The predicted molar refractivity (Wildman–Crippen MR) is 200 cm³/mol. The summed E-state index contributed by atoms with van der Waals surface area (Å²) >= 11 is 8.82. The van der Waals surface area contributed by atoms with Crippen molar-refractivity contribution in [1.29, 1.82) is 0 Å². The van der Waals surface area contributed by atoms with Crippen molar-refractivity contribution >= 4 is 61.8 Å². The summed E-state index contributed by atoms with van der Waals surface area (Å²) in [4.78, 5) is 10.4. The maximum absolute atomic E-state index is 8.60. The van der Waals surface area contributed by atoms with Gasteiger partial charge >= 0.3 is 7.12 Å². The van der Waals surface area contributed by atoms with Crippen LogP contribution in [0.1, 0.15) is 77.3 Å². The number of likely N-dealkylation sites (tertiary alicyclic amines) is 2. The largest absolute Gasteiger partial charge is 0.499 e. The van der Waals surface area contributed by atoms with Gasteiger partial charge in [0.05, 0.1) is 3.79 Å². The van der Waals surface area contributed by atoms with Crippen LogP contribution in [0.15, 0.2) is 44.4 Å². The van der Waals surface area contributed by atoms with Crippen molar-refractivity contribution in [1.82, 2.24) is 14.7 Å². The van der Waals surface area contributed by atoms with Crippen molar-refractivity contribution in [3.63, 3.8) is 0 Å². The lowest BCUT2D eigenvalue weighted by molar-refractivity contribution is 0.257. The fourth-order valence-electron chi connectivity index (χ4n) is 5.40. The highest BCUT2D eigenvalue weighted by atomic mass is 79.9. The lowest BCUT2D eigenvalue weighted by Crippen LogP contribution is -2.28. The van der Waals surface area contributed by atoms with Crippen molar-refractivity contribution in [2.45, 2.75) is 71.6 Å². The highest BCUT2D eigenvalue weighted by Gasteiger charge is 2.21. The van der Waals surface area contributed by atoms with Gasteiger partial charge in [0.2, 0.25) is 0 Å². The minimum atomic E-state index is -1.30. The quantitative estimate of drug-likeness (QED) is 0.217. The molecule has 0 bridgehead atoms. The van der Waals surface area contributed by atoms with Crippen LogP contribution in [0.5, 0.6) is 0 Å². The zero-order valence-corrected chi connectivity index (χ0v) is 31.8. The summed E-state index contributed by atoms with van der Waals surface area (Å²) in [5.41, 5.74) is 5.44. The number of piperidine rings is 2. The number of likely N-dealkylation sites (N-methyl/N-ethyl adjacent to an activating group) is 1. The molecule has 0 radical (unpaired) electrons. The van der Waals surface area contributed by atoms with Crippen molar-refractivity contribution in [2.75, 3.05) is 60.4 Å². The van der Waals surface area contributed by atoms with Crippen molar-refractivity contribution in [3.8, 4) is 0 Å². The molecule has 2 fully saturated rings. The third-order valence-corrected chi connectivity index (χ3v) is 13.1. The van der Waals surface area contributed by atoms with E-state index in [0.29, 0.717) is 4.78 Å². The van der Waals surface area contributed by atoms with Gasteiger partial charge in [0.1, 0.15) is 0 Å². The smallest absolute Gasteiger partial charge is 0.423 e. The summed E-state index contributed by atoms with van der Waals surface area (Å²) in [6, 6.07) is 6.47. The summed E-state index contributed by atoms with van der Waals surface area (Å²) < 4.78 is 1.92. The molecule has 0 spiro atoms. The molecule has 0 saturated carbocycles. The molecule has 0 atom stereocenters. The van der Waals surface area contributed by atoms with Crippen LogP contribution in [-0.2, 0) is 0 Å². The van der Waals surface area contributed by atoms with Gasteiger partial charge in [-0.1, -0.05) is 11.6 Å². The van der Waals surface area contributed by atoms with E-state index in [1.54, 1.807) is 21.4 Å². The predicted octanol–water partition coefficient (Wildman–Crippen LogP) is 7.50. The van der Waals surface area contributed by atoms with Gasteiger partial charge in [-0.15, -0.1) is 22.7 Å². The van der Waals surface area contributed by atoms with Gasteiger partial charge < -0.3 is 24.7 Å². The van der Waals surface area contributed by atoms with E-state index >= 15 is 0 Å². The fraction of sp³-hybridized carbons (Fsp3) is 0.588. The average Bonchev–Trinajstić information content (AvgIpc) is 3.72. The Labute approximate surface area is 287 Å². The Morgan fingerprint density at radius 2 is 1.27 bits per heavy atom. The van der Waals surface area contributed by atoms with Crippen molar-refractivity contribution in [3.05, 3.63) is 70.8 Å². The monoisotopic (exact) mass is 721 g/mol. The highest BCUT2D eigenvalue weighted by molar-refractivity contribution is 9.11. The van der Waals surface area contributed by atoms with Crippen LogP contribution in [-0.4, -0.2) is 92.3 Å². The van der Waals surface area contributed by atoms with Crippen LogP contribution in [0.3, 0.4) is 0 Å². The Balaban J connectivity index is 0.000000165. The number of hydrogen-bond donors (Lipinski definition) is 2. The third kappa shape index (κ3) is 13.1. The lowest BCUT2D eigenvalue weighted by atomic mass is 9.89. The van der Waals surface area contributed by atoms with E-state index in [-0.39, 0.29) is 0 Å². The zero-order chi connectivity index (χ0) is 32.2. The third-order valence-electron chi connectivity index (χ3n) is 8.51. The molecule has 10 heteroatoms. The van der Waals surface area contributed by atoms with Gasteiger partial charge in [-0.2, -0.15) is 11.3 Å². The number of halogens is 1. The standard InChI is InChI=1S/C11H16BrNS.C11H17NS.C7H13N.C5H7BO2S/c1-8-7-10(14-11(8)12)9-3-5-13(2)6-4-9;1-9-7-11(13-8-9)10-3-5-12(2)6-4-10;1-7-3-5-8(2)6-4-7;1-4-2-5(6(7)8)9-3-4/h7,9H,3-6H2,1-2H3;7-8,10H,3-6H2,1-2H3;3H,4-6H2,1-2H3;2-3,7-8H,1H3. The Bertz CT molecular complexity index is 1250. The molecule has 6 heterocycles. The minimum Gasteiger partial charge on any atom is -0.423 e. The highest BCUT2D eigenvalue weighted by Crippen LogP contribution is 2.37. The van der Waals surface area contributed by atoms with Crippen molar-refractivity contribution < 1.29 is 10.0 Å². The number of hydrogen-bond acceptors (Lipinski definition) is 8. The molecule has 3 aliphatic rings. The Morgan fingerprint density at radius 1 is 0.727 bits per heavy atom. The van der Waals surface area contributed by atoms with E-state index in [2.05, 4.69) is 96.1 Å². The molecule has 3 aromatic rings. The second-order valence-corrected chi connectivity index (χ2v) is 17.0. The first kappa shape index (κ1) is 37.6. The summed E-state index contributed by atoms with van der Waals surface area (Å²) in [5.74, 6) is 1.65. The number of aryl methyl sites for hydroxylation is 3. The summed E-state index contributed by atoms with van der Waals surface area (Å²) in [7, 11) is 5.29. The second kappa shape index (κ2) is 19.1. The van der Waals surface area contributed by atoms with E-state index in [1.807, 2.05) is 35.0 Å². The number of nitrogens with zero attached hydrogens (tertiary/aromatic N) is 3. The van der Waals surface area contributed by atoms with Crippen LogP contribution in [0.25, 0.3) is 0 Å². The first-order chi connectivity index (χ1) is 20.9. The van der Waals surface area contributed by atoms with Crippen LogP contribution in [0.4, 0.5) is 0 Å². The van der Waals surface area contributed by atoms with Crippen LogP contribution in [0, 0.1) is 20.8 Å². The Kier molecular flexibility index (Phi) is 16.4. The summed E-state index contributed by atoms with van der Waals surface area (Å²) in [5, 5.41) is 21.4. The van der Waals surface area contributed by atoms with Crippen LogP contribution >= 0.6 is 49.9 Å². The molecule has 244 valence electrons. The molecule has 2 saturated heterocycles. The molecular weight excluding hydrogens is 669 g/mol. The van der Waals surface area contributed by atoms with Crippen LogP contribution in [0.2, 0.25) is 0 Å². The molecule has 3 aromatic heterocycles. The maximum atomic E-state index is 8.60. The number of rotatable bonds is 3. The van der Waals surface area contributed by atoms with E-state index in [9.17, 15) is 0 Å². The fourth-order valence-corrected chi connectivity index (χ4v) is 8.98. The molecule has 0 aromatic carbocycles. The maximum Gasteiger partial charge on any atom is 0.499 e. The van der Waals surface area contributed by atoms with E-state index in [1.165, 1.54) is 91.1 Å². The van der Waals surface area contributed by atoms with E-state index in [0.717, 1.165) is 23.9 Å². The van der Waals surface area contributed by atoms with Gasteiger partial charge in [0.15, 0.2) is 0 Å². The first-order valence-corrected chi connectivity index (χ1v) is 19.2. The minimum absolute atomic E-state index is 0.604. The van der Waals surface area contributed by atoms with Gasteiger partial charge in [0.25, 0.3) is 0 Å². The lowest BCUT2D eigenvalue weighted by Gasteiger charge is -2.28. The Hall–Kier alpha value is -0.815. The van der Waals surface area contributed by atoms with Gasteiger partial charge in [-0.25, -0.2) is 0 Å². The molecule has 5 nitrogen and oxygen atoms in total. The molecule has 2 N–H and O–H groups in total. The topological polar surface area (TPSA) is 50.2 Å². The molecule has 3 aliphatic heterocycles. The molecular formula is C34H53BBrN3O2S3. The van der Waals surface area contributed by atoms with E-state index in [4.69, 9.17) is 10.0 Å². The molecule has 0 aliphatic carbocycles. The average molecular weight is 723 g/mol. The van der Waals surface area contributed by atoms with Gasteiger partial charge in [-0.3, -0.25) is 0 Å². The van der Waals surface area contributed by atoms with Crippen LogP contribution < -0.4 is 4.78 Å². The molecule has 44 heavy (non-hydrogen) atoms. The zero-order valence-electron chi connectivity index (χ0n) is 27.8. The molecule has 6 rings (SSSR count). The second-order valence-electron chi connectivity index (χ2n) is 12.7. The van der Waals surface area contributed by atoms with E-state index < -0.39 is 7.12 Å². The molecule has 0 amide bonds. The van der Waals surface area contributed by atoms with Crippen molar-refractivity contribution in [2.24, 2.45) is 0 Å². The first-order valence-electron chi connectivity index (χ1n) is 15.8. The summed E-state index contributed by atoms with van der Waals surface area (Å²) in [6.45, 7) is 15.9. The summed E-state index contributed by atoms with van der Waals surface area (Å²) in [6.07, 6.45) is 8.89.